The number of carbonyl (C=O) groups is 1. The number of furan rings is 1. The second-order valence-electron chi connectivity index (χ2n) is 4.05. The lowest BCUT2D eigenvalue weighted by atomic mass is 10.1. The third kappa shape index (κ3) is 2.45. The Morgan fingerprint density at radius 3 is 2.70 bits per heavy atom. The van der Waals surface area contributed by atoms with E-state index < -0.39 is 12.1 Å². The molecule has 1 heterocycles. The van der Waals surface area contributed by atoms with E-state index in [1.54, 1.807) is 23.5 Å². The molecule has 7 heteroatoms. The molecule has 1 aromatic heterocycles. The molecule has 0 unspecified atom stereocenters. The van der Waals surface area contributed by atoms with Crippen molar-refractivity contribution in [3.8, 4) is 6.07 Å². The van der Waals surface area contributed by atoms with Gasteiger partial charge >= 0.3 is 12.1 Å². The summed E-state index contributed by atoms with van der Waals surface area (Å²) in [5.74, 6) is -2.50. The molecule has 4 nitrogen and oxygen atoms in total. The quantitative estimate of drug-likeness (QED) is 0.918. The number of aryl methyl sites for hydroxylation is 1. The van der Waals surface area contributed by atoms with Crippen LogP contribution >= 0.6 is 0 Å². The van der Waals surface area contributed by atoms with Crippen molar-refractivity contribution in [3.63, 3.8) is 0 Å². The van der Waals surface area contributed by atoms with E-state index in [9.17, 15) is 18.0 Å². The number of halogens is 3. The minimum absolute atomic E-state index is 0.257. The fourth-order valence-corrected chi connectivity index (χ4v) is 1.75. The number of benzene rings is 1. The van der Waals surface area contributed by atoms with Crippen molar-refractivity contribution in [2.75, 3.05) is 5.32 Å². The van der Waals surface area contributed by atoms with Crippen molar-refractivity contribution in [3.05, 3.63) is 29.5 Å². The van der Waals surface area contributed by atoms with Gasteiger partial charge in [-0.2, -0.15) is 18.4 Å². The highest BCUT2D eigenvalue weighted by Gasteiger charge is 2.39. The Morgan fingerprint density at radius 2 is 2.15 bits per heavy atom. The van der Waals surface area contributed by atoms with Gasteiger partial charge < -0.3 is 9.73 Å². The zero-order valence-corrected chi connectivity index (χ0v) is 10.3. The SMILES string of the molecule is CCc1ccc2c(NC(=O)C(F)(F)F)c(C#N)oc2c1. The van der Waals surface area contributed by atoms with Crippen LogP contribution in [0.1, 0.15) is 18.2 Å². The summed E-state index contributed by atoms with van der Waals surface area (Å²) >= 11 is 0. The normalized spacial score (nSPS) is 11.3. The average molecular weight is 282 g/mol. The summed E-state index contributed by atoms with van der Waals surface area (Å²) in [5.41, 5.74) is 0.912. The first-order chi connectivity index (χ1) is 9.36. The Morgan fingerprint density at radius 1 is 1.45 bits per heavy atom. The Bertz CT molecular complexity index is 711. The van der Waals surface area contributed by atoms with Crippen LogP contribution in [0.25, 0.3) is 11.0 Å². The smallest absolute Gasteiger partial charge is 0.443 e. The molecule has 0 bridgehead atoms. The van der Waals surface area contributed by atoms with E-state index in [-0.39, 0.29) is 22.4 Å². The minimum atomic E-state index is -5.03. The Kier molecular flexibility index (Phi) is 3.40. The van der Waals surface area contributed by atoms with Gasteiger partial charge in [-0.3, -0.25) is 4.79 Å². The predicted molar refractivity (Wildman–Crippen MR) is 65.0 cm³/mol. The predicted octanol–water partition coefficient (Wildman–Crippen LogP) is 3.37. The molecule has 0 atom stereocenters. The first-order valence-electron chi connectivity index (χ1n) is 5.70. The lowest BCUT2D eigenvalue weighted by molar-refractivity contribution is -0.167. The summed E-state index contributed by atoms with van der Waals surface area (Å²) in [7, 11) is 0. The lowest BCUT2D eigenvalue weighted by Crippen LogP contribution is -2.30. The van der Waals surface area contributed by atoms with Crippen molar-refractivity contribution < 1.29 is 22.4 Å². The van der Waals surface area contributed by atoms with Crippen molar-refractivity contribution in [2.45, 2.75) is 19.5 Å². The zero-order valence-electron chi connectivity index (χ0n) is 10.3. The number of fused-ring (bicyclic) bond motifs is 1. The van der Waals surface area contributed by atoms with Gasteiger partial charge in [0.1, 0.15) is 17.3 Å². The Labute approximate surface area is 111 Å². The summed E-state index contributed by atoms with van der Waals surface area (Å²) in [5, 5.41) is 10.8. The van der Waals surface area contributed by atoms with Crippen molar-refractivity contribution in [1.29, 1.82) is 5.26 Å². The molecule has 20 heavy (non-hydrogen) atoms. The van der Waals surface area contributed by atoms with Gasteiger partial charge in [-0.1, -0.05) is 13.0 Å². The number of hydrogen-bond acceptors (Lipinski definition) is 3. The van der Waals surface area contributed by atoms with E-state index >= 15 is 0 Å². The first-order valence-corrected chi connectivity index (χ1v) is 5.70. The van der Waals surface area contributed by atoms with Crippen LogP contribution < -0.4 is 5.32 Å². The second-order valence-corrected chi connectivity index (χ2v) is 4.05. The van der Waals surface area contributed by atoms with Crippen LogP contribution in [0.15, 0.2) is 22.6 Å². The topological polar surface area (TPSA) is 66.0 Å². The van der Waals surface area contributed by atoms with Gasteiger partial charge in [0.05, 0.1) is 0 Å². The fraction of sp³-hybridized carbons (Fsp3) is 0.231. The number of amides is 1. The number of nitrogens with zero attached hydrogens (tertiary/aromatic N) is 1. The van der Waals surface area contributed by atoms with Gasteiger partial charge in [0, 0.05) is 5.39 Å². The maximum absolute atomic E-state index is 12.3. The van der Waals surface area contributed by atoms with Gasteiger partial charge in [0.25, 0.3) is 0 Å². The van der Waals surface area contributed by atoms with Gasteiger partial charge in [-0.05, 0) is 24.1 Å². The zero-order chi connectivity index (χ0) is 14.9. The molecule has 1 aromatic carbocycles. The van der Waals surface area contributed by atoms with E-state index in [4.69, 9.17) is 9.68 Å². The molecule has 0 radical (unpaired) electrons. The Balaban J connectivity index is 2.52. The summed E-state index contributed by atoms with van der Waals surface area (Å²) in [6, 6.07) is 6.47. The molecule has 0 aliphatic heterocycles. The molecule has 0 aliphatic rings. The molecule has 1 amide bonds. The molecule has 0 saturated heterocycles. The lowest BCUT2D eigenvalue weighted by Gasteiger charge is -2.06. The molecule has 0 fully saturated rings. The molecule has 0 aliphatic carbocycles. The van der Waals surface area contributed by atoms with Crippen molar-refractivity contribution in [2.24, 2.45) is 0 Å². The maximum Gasteiger partial charge on any atom is 0.471 e. The van der Waals surface area contributed by atoms with E-state index in [0.717, 1.165) is 5.56 Å². The number of nitrogens with one attached hydrogen (secondary N) is 1. The summed E-state index contributed by atoms with van der Waals surface area (Å²) in [6.07, 6.45) is -4.32. The highest BCUT2D eigenvalue weighted by molar-refractivity contribution is 6.04. The number of nitriles is 1. The van der Waals surface area contributed by atoms with Gasteiger partial charge in [-0.15, -0.1) is 0 Å². The number of hydrogen-bond donors (Lipinski definition) is 1. The van der Waals surface area contributed by atoms with Gasteiger partial charge in [0.2, 0.25) is 5.76 Å². The van der Waals surface area contributed by atoms with Crippen LogP contribution in [0, 0.1) is 11.3 Å². The van der Waals surface area contributed by atoms with E-state index in [0.29, 0.717) is 6.42 Å². The van der Waals surface area contributed by atoms with Gasteiger partial charge in [-0.25, -0.2) is 0 Å². The largest absolute Gasteiger partial charge is 0.471 e. The van der Waals surface area contributed by atoms with Crippen molar-refractivity contribution >= 4 is 22.6 Å². The molecule has 2 aromatic rings. The maximum atomic E-state index is 12.3. The van der Waals surface area contributed by atoms with Crippen molar-refractivity contribution in [1.82, 2.24) is 0 Å². The van der Waals surface area contributed by atoms with Crippen LogP contribution in [-0.4, -0.2) is 12.1 Å². The molecule has 2 rings (SSSR count). The number of carbonyl (C=O) groups excluding carboxylic acids is 1. The summed E-state index contributed by atoms with van der Waals surface area (Å²) < 4.78 is 42.0. The fourth-order valence-electron chi connectivity index (χ4n) is 1.75. The second kappa shape index (κ2) is 4.89. The van der Waals surface area contributed by atoms with Crippen LogP contribution in [0.3, 0.4) is 0 Å². The molecule has 104 valence electrons. The third-order valence-electron chi connectivity index (χ3n) is 2.76. The molecule has 0 spiro atoms. The van der Waals surface area contributed by atoms with E-state index in [1.165, 1.54) is 6.07 Å². The number of rotatable bonds is 2. The number of anilines is 1. The van der Waals surface area contributed by atoms with Gasteiger partial charge in [0.15, 0.2) is 0 Å². The highest BCUT2D eigenvalue weighted by atomic mass is 19.4. The molecule has 1 N–H and O–H groups in total. The Hall–Kier alpha value is -2.49. The van der Waals surface area contributed by atoms with E-state index in [1.807, 2.05) is 6.92 Å². The molecular weight excluding hydrogens is 273 g/mol. The summed E-state index contributed by atoms with van der Waals surface area (Å²) in [6.45, 7) is 1.90. The monoisotopic (exact) mass is 282 g/mol. The standard InChI is InChI=1S/C13H9F3N2O2/c1-2-7-3-4-8-9(5-7)20-10(6-17)11(8)18-12(19)13(14,15)16/h3-5H,2H2,1H3,(H,18,19). The number of alkyl halides is 3. The minimum Gasteiger partial charge on any atom is -0.443 e. The first kappa shape index (κ1) is 13.9. The molecule has 0 saturated carbocycles. The average Bonchev–Trinajstić information content (AvgIpc) is 2.74. The van der Waals surface area contributed by atoms with Crippen LogP contribution in [0.2, 0.25) is 0 Å². The molecular formula is C13H9F3N2O2. The highest BCUT2D eigenvalue weighted by Crippen LogP contribution is 2.32. The van der Waals surface area contributed by atoms with Crippen LogP contribution in [0.5, 0.6) is 0 Å². The third-order valence-corrected chi connectivity index (χ3v) is 2.76. The van der Waals surface area contributed by atoms with Crippen LogP contribution in [-0.2, 0) is 11.2 Å². The van der Waals surface area contributed by atoms with Crippen LogP contribution in [0.4, 0.5) is 18.9 Å². The van der Waals surface area contributed by atoms with E-state index in [2.05, 4.69) is 0 Å². The summed E-state index contributed by atoms with van der Waals surface area (Å²) in [4.78, 5) is 11.0.